The molecule has 6 heteroatoms. The predicted molar refractivity (Wildman–Crippen MR) is 67.0 cm³/mol. The number of carbonyl (C=O) groups is 1. The summed E-state index contributed by atoms with van der Waals surface area (Å²) in [5, 5.41) is 9.48. The smallest absolute Gasteiger partial charge is 0.340 e. The highest BCUT2D eigenvalue weighted by Crippen LogP contribution is 2.28. The van der Waals surface area contributed by atoms with Crippen molar-refractivity contribution in [2.75, 3.05) is 18.9 Å². The first-order valence-electron chi connectivity index (χ1n) is 5.29. The molecule has 0 aliphatic heterocycles. The van der Waals surface area contributed by atoms with Gasteiger partial charge < -0.3 is 15.6 Å². The number of hydrogen-bond acceptors (Lipinski definition) is 6. The molecule has 0 aromatic carbocycles. The van der Waals surface area contributed by atoms with Crippen LogP contribution in [0.5, 0.6) is 0 Å². The van der Waals surface area contributed by atoms with Crippen molar-refractivity contribution in [3.8, 4) is 0 Å². The number of thioether (sulfide) groups is 1. The molecule has 1 heterocycles. The second-order valence-electron chi connectivity index (χ2n) is 3.41. The maximum Gasteiger partial charge on any atom is 0.340 e. The Hall–Kier alpha value is -1.27. The Labute approximate surface area is 104 Å². The fourth-order valence-electron chi connectivity index (χ4n) is 1.16. The van der Waals surface area contributed by atoms with Crippen molar-refractivity contribution in [3.63, 3.8) is 0 Å². The second-order valence-corrected chi connectivity index (χ2v) is 4.84. The van der Waals surface area contributed by atoms with Crippen molar-refractivity contribution in [1.82, 2.24) is 4.98 Å². The molecule has 1 rings (SSSR count). The molecule has 0 radical (unpaired) electrons. The van der Waals surface area contributed by atoms with Crippen LogP contribution in [-0.2, 0) is 4.74 Å². The van der Waals surface area contributed by atoms with Gasteiger partial charge in [-0.2, -0.15) is 0 Å². The lowest BCUT2D eigenvalue weighted by molar-refractivity contribution is 0.0527. The number of nitrogen functional groups attached to an aromatic ring is 1. The van der Waals surface area contributed by atoms with Gasteiger partial charge in [0.15, 0.2) is 0 Å². The quantitative estimate of drug-likeness (QED) is 0.610. The van der Waals surface area contributed by atoms with E-state index in [-0.39, 0.29) is 11.9 Å². The van der Waals surface area contributed by atoms with Gasteiger partial charge in [0.05, 0.1) is 24.5 Å². The third kappa shape index (κ3) is 3.61. The van der Waals surface area contributed by atoms with E-state index >= 15 is 0 Å². The van der Waals surface area contributed by atoms with E-state index in [0.717, 1.165) is 0 Å². The highest BCUT2D eigenvalue weighted by atomic mass is 32.2. The van der Waals surface area contributed by atoms with Crippen LogP contribution in [0, 0.1) is 0 Å². The second kappa shape index (κ2) is 6.46. The molecule has 17 heavy (non-hydrogen) atoms. The molecular weight excluding hydrogens is 240 g/mol. The van der Waals surface area contributed by atoms with Crippen LogP contribution >= 0.6 is 11.8 Å². The van der Waals surface area contributed by atoms with Crippen LogP contribution in [0.15, 0.2) is 17.3 Å². The number of ether oxygens (including phenoxy) is 1. The summed E-state index contributed by atoms with van der Waals surface area (Å²) in [6.07, 6.45) is 1.51. The van der Waals surface area contributed by atoms with Crippen molar-refractivity contribution >= 4 is 23.4 Å². The summed E-state index contributed by atoms with van der Waals surface area (Å²) in [7, 11) is 0. The standard InChI is InChI=1S/C11H16N2O3S/c1-3-16-11(15)8-4-5-13-10(9(8)12)17-7(2)6-14/h4-5,7,14H,3,6,12H2,1-2H3. The number of esters is 1. The van der Waals surface area contributed by atoms with E-state index in [1.54, 1.807) is 6.92 Å². The number of carbonyl (C=O) groups excluding carboxylic acids is 1. The molecule has 1 unspecified atom stereocenters. The summed E-state index contributed by atoms with van der Waals surface area (Å²) in [5.74, 6) is -0.453. The molecule has 0 bridgehead atoms. The van der Waals surface area contributed by atoms with Crippen LogP contribution in [0.1, 0.15) is 24.2 Å². The first-order valence-corrected chi connectivity index (χ1v) is 6.17. The molecule has 1 aromatic rings. The average Bonchev–Trinajstić information content (AvgIpc) is 2.32. The minimum Gasteiger partial charge on any atom is -0.462 e. The van der Waals surface area contributed by atoms with Crippen LogP contribution in [0.4, 0.5) is 5.69 Å². The van der Waals surface area contributed by atoms with Crippen LogP contribution in [0.25, 0.3) is 0 Å². The number of pyridine rings is 1. The molecular formula is C11H16N2O3S. The van der Waals surface area contributed by atoms with Gasteiger partial charge in [-0.25, -0.2) is 9.78 Å². The monoisotopic (exact) mass is 256 g/mol. The lowest BCUT2D eigenvalue weighted by Gasteiger charge is -2.11. The van der Waals surface area contributed by atoms with Gasteiger partial charge in [0.1, 0.15) is 5.03 Å². The molecule has 1 aromatic heterocycles. The summed E-state index contributed by atoms with van der Waals surface area (Å²) in [6, 6.07) is 1.53. The molecule has 1 atom stereocenters. The Bertz CT molecular complexity index is 398. The van der Waals surface area contributed by atoms with Gasteiger partial charge >= 0.3 is 5.97 Å². The van der Waals surface area contributed by atoms with E-state index in [2.05, 4.69) is 4.98 Å². The topological polar surface area (TPSA) is 85.4 Å². The van der Waals surface area contributed by atoms with Crippen molar-refractivity contribution in [3.05, 3.63) is 17.8 Å². The number of anilines is 1. The molecule has 94 valence electrons. The molecule has 0 amide bonds. The van der Waals surface area contributed by atoms with Crippen molar-refractivity contribution in [2.45, 2.75) is 24.1 Å². The molecule has 3 N–H and O–H groups in total. The number of nitrogens with two attached hydrogens (primary N) is 1. The summed E-state index contributed by atoms with van der Waals surface area (Å²) in [5.41, 5.74) is 6.47. The fraction of sp³-hybridized carbons (Fsp3) is 0.455. The SMILES string of the molecule is CCOC(=O)c1ccnc(SC(C)CO)c1N. The zero-order chi connectivity index (χ0) is 12.8. The van der Waals surface area contributed by atoms with Gasteiger partial charge in [-0.3, -0.25) is 0 Å². The lowest BCUT2D eigenvalue weighted by Crippen LogP contribution is -2.10. The third-order valence-electron chi connectivity index (χ3n) is 2.02. The first kappa shape index (κ1) is 13.8. The van der Waals surface area contributed by atoms with E-state index in [0.29, 0.717) is 22.9 Å². The molecule has 0 saturated carbocycles. The minimum absolute atomic E-state index is 0.0232. The third-order valence-corrected chi connectivity index (χ3v) is 3.12. The summed E-state index contributed by atoms with van der Waals surface area (Å²) < 4.78 is 4.89. The number of rotatable bonds is 5. The summed E-state index contributed by atoms with van der Waals surface area (Å²) in [4.78, 5) is 15.7. The van der Waals surface area contributed by atoms with E-state index in [9.17, 15) is 4.79 Å². The largest absolute Gasteiger partial charge is 0.462 e. The number of aliphatic hydroxyl groups excluding tert-OH is 1. The van der Waals surface area contributed by atoms with Crippen molar-refractivity contribution in [1.29, 1.82) is 0 Å². The first-order chi connectivity index (χ1) is 8.10. The zero-order valence-corrected chi connectivity index (χ0v) is 10.7. The van der Waals surface area contributed by atoms with Gasteiger partial charge in [-0.15, -0.1) is 0 Å². The molecule has 5 nitrogen and oxygen atoms in total. The van der Waals surface area contributed by atoms with E-state index in [1.807, 2.05) is 6.92 Å². The zero-order valence-electron chi connectivity index (χ0n) is 9.84. The molecule has 0 fully saturated rings. The van der Waals surface area contributed by atoms with Gasteiger partial charge in [-0.05, 0) is 13.0 Å². The summed E-state index contributed by atoms with van der Waals surface area (Å²) >= 11 is 1.33. The lowest BCUT2D eigenvalue weighted by atomic mass is 10.2. The van der Waals surface area contributed by atoms with E-state index < -0.39 is 5.97 Å². The number of nitrogens with zero attached hydrogens (tertiary/aromatic N) is 1. The van der Waals surface area contributed by atoms with Crippen LogP contribution in [0.3, 0.4) is 0 Å². The Morgan fingerprint density at radius 2 is 2.41 bits per heavy atom. The van der Waals surface area contributed by atoms with E-state index in [1.165, 1.54) is 24.0 Å². The molecule has 0 aliphatic rings. The number of hydrogen-bond donors (Lipinski definition) is 2. The van der Waals surface area contributed by atoms with Gasteiger partial charge in [-0.1, -0.05) is 18.7 Å². The molecule has 0 aliphatic carbocycles. The van der Waals surface area contributed by atoms with Gasteiger partial charge in [0.2, 0.25) is 0 Å². The Morgan fingerprint density at radius 1 is 1.71 bits per heavy atom. The Kier molecular flexibility index (Phi) is 5.24. The highest BCUT2D eigenvalue weighted by molar-refractivity contribution is 8.00. The normalized spacial score (nSPS) is 12.2. The van der Waals surface area contributed by atoms with Crippen LogP contribution in [0.2, 0.25) is 0 Å². The molecule has 0 saturated heterocycles. The maximum atomic E-state index is 11.6. The predicted octanol–water partition coefficient (Wildman–Crippen LogP) is 1.31. The maximum absolute atomic E-state index is 11.6. The van der Waals surface area contributed by atoms with Crippen LogP contribution < -0.4 is 5.73 Å². The number of aliphatic hydroxyl groups is 1. The van der Waals surface area contributed by atoms with Crippen molar-refractivity contribution < 1.29 is 14.6 Å². The summed E-state index contributed by atoms with van der Waals surface area (Å²) in [6.45, 7) is 3.91. The van der Waals surface area contributed by atoms with E-state index in [4.69, 9.17) is 15.6 Å². The van der Waals surface area contributed by atoms with Gasteiger partial charge in [0.25, 0.3) is 0 Å². The highest BCUT2D eigenvalue weighted by Gasteiger charge is 2.16. The Morgan fingerprint density at radius 3 is 3.00 bits per heavy atom. The molecule has 0 spiro atoms. The van der Waals surface area contributed by atoms with Crippen molar-refractivity contribution in [2.24, 2.45) is 0 Å². The van der Waals surface area contributed by atoms with Crippen LogP contribution in [-0.4, -0.2) is 34.5 Å². The van der Waals surface area contributed by atoms with Gasteiger partial charge in [0, 0.05) is 11.4 Å². The Balaban J connectivity index is 2.94. The number of aromatic nitrogens is 1. The average molecular weight is 256 g/mol. The minimum atomic E-state index is -0.453. The fourth-order valence-corrected chi connectivity index (χ4v) is 1.98.